The fourth-order valence-corrected chi connectivity index (χ4v) is 3.00. The fraction of sp³-hybridized carbons (Fsp3) is 0.278. The van der Waals surface area contributed by atoms with Crippen LogP contribution in [0.5, 0.6) is 23.0 Å². The van der Waals surface area contributed by atoms with Crippen molar-refractivity contribution in [3.8, 4) is 23.0 Å². The summed E-state index contributed by atoms with van der Waals surface area (Å²) < 4.78 is 22.2. The third kappa shape index (κ3) is 4.47. The van der Waals surface area contributed by atoms with Gasteiger partial charge in [0, 0.05) is 11.6 Å². The number of carbonyl (C=O) groups excluding carboxylic acids is 1. The van der Waals surface area contributed by atoms with Crippen LogP contribution in [-0.4, -0.2) is 33.8 Å². The molecular weight excluding hydrogens is 437 g/mol. The molecule has 0 heterocycles. The van der Waals surface area contributed by atoms with Gasteiger partial charge in [-0.15, -0.1) is 0 Å². The van der Waals surface area contributed by atoms with Crippen LogP contribution in [0.1, 0.15) is 17.3 Å². The van der Waals surface area contributed by atoms with Crippen LogP contribution in [-0.2, 0) is 0 Å². The lowest BCUT2D eigenvalue weighted by Crippen LogP contribution is -2.13. The van der Waals surface area contributed by atoms with Crippen molar-refractivity contribution in [2.75, 3.05) is 33.3 Å². The molecule has 0 radical (unpaired) electrons. The molecule has 25 heavy (non-hydrogen) atoms. The Labute approximate surface area is 160 Å². The lowest BCUT2D eigenvalue weighted by molar-refractivity contribution is 0.102. The molecule has 0 bridgehead atoms. The Morgan fingerprint density at radius 3 is 2.36 bits per heavy atom. The zero-order valence-corrected chi connectivity index (χ0v) is 16.7. The molecule has 2 rings (SSSR count). The number of rotatable bonds is 7. The largest absolute Gasteiger partial charge is 0.497 e. The van der Waals surface area contributed by atoms with Crippen LogP contribution in [0.3, 0.4) is 0 Å². The summed E-state index contributed by atoms with van der Waals surface area (Å²) in [6.07, 6.45) is 0. The molecule has 2 aromatic carbocycles. The quantitative estimate of drug-likeness (QED) is 0.638. The minimum Gasteiger partial charge on any atom is -0.497 e. The number of benzene rings is 2. The molecule has 1 amide bonds. The molecule has 0 saturated heterocycles. The second-order valence-corrected chi connectivity index (χ2v) is 6.10. The molecule has 2 aromatic rings. The SMILES string of the molecule is CCOc1c(I)cc(C(=O)Nc2cc(OC)ccc2OC)cc1OC. The highest BCUT2D eigenvalue weighted by molar-refractivity contribution is 14.1. The molecule has 0 atom stereocenters. The summed E-state index contributed by atoms with van der Waals surface area (Å²) >= 11 is 2.12. The van der Waals surface area contributed by atoms with Gasteiger partial charge in [-0.05, 0) is 53.8 Å². The van der Waals surface area contributed by atoms with Crippen LogP contribution in [0.25, 0.3) is 0 Å². The number of nitrogens with one attached hydrogen (secondary N) is 1. The van der Waals surface area contributed by atoms with Crippen LogP contribution in [0.2, 0.25) is 0 Å². The van der Waals surface area contributed by atoms with Gasteiger partial charge in [0.25, 0.3) is 5.91 Å². The van der Waals surface area contributed by atoms with Gasteiger partial charge in [0.05, 0.1) is 37.2 Å². The van der Waals surface area contributed by atoms with Crippen LogP contribution in [0.4, 0.5) is 5.69 Å². The van der Waals surface area contributed by atoms with E-state index in [0.717, 1.165) is 3.57 Å². The summed E-state index contributed by atoms with van der Waals surface area (Å²) in [6.45, 7) is 2.41. The first-order chi connectivity index (χ1) is 12.0. The summed E-state index contributed by atoms with van der Waals surface area (Å²) in [4.78, 5) is 12.7. The molecule has 0 saturated carbocycles. The number of methoxy groups -OCH3 is 3. The zero-order chi connectivity index (χ0) is 18.4. The average molecular weight is 457 g/mol. The van der Waals surface area contributed by atoms with Gasteiger partial charge in [-0.25, -0.2) is 0 Å². The summed E-state index contributed by atoms with van der Waals surface area (Å²) in [5.74, 6) is 2.01. The average Bonchev–Trinajstić information content (AvgIpc) is 2.63. The van der Waals surface area contributed by atoms with E-state index in [0.29, 0.717) is 40.9 Å². The van der Waals surface area contributed by atoms with Crippen LogP contribution in [0.15, 0.2) is 30.3 Å². The van der Waals surface area contributed by atoms with Crippen molar-refractivity contribution in [2.24, 2.45) is 0 Å². The topological polar surface area (TPSA) is 66.0 Å². The number of anilines is 1. The normalized spacial score (nSPS) is 10.1. The smallest absolute Gasteiger partial charge is 0.255 e. The van der Waals surface area contributed by atoms with Crippen molar-refractivity contribution in [1.82, 2.24) is 0 Å². The third-order valence-electron chi connectivity index (χ3n) is 3.44. The van der Waals surface area contributed by atoms with Crippen molar-refractivity contribution >= 4 is 34.2 Å². The first-order valence-corrected chi connectivity index (χ1v) is 8.65. The molecule has 6 nitrogen and oxygen atoms in total. The van der Waals surface area contributed by atoms with E-state index in [4.69, 9.17) is 18.9 Å². The highest BCUT2D eigenvalue weighted by Crippen LogP contribution is 2.35. The van der Waals surface area contributed by atoms with Gasteiger partial charge in [-0.2, -0.15) is 0 Å². The molecule has 134 valence electrons. The van der Waals surface area contributed by atoms with E-state index >= 15 is 0 Å². The van der Waals surface area contributed by atoms with Crippen LogP contribution < -0.4 is 24.3 Å². The second-order valence-electron chi connectivity index (χ2n) is 4.94. The van der Waals surface area contributed by atoms with Crippen molar-refractivity contribution in [2.45, 2.75) is 6.92 Å². The maximum atomic E-state index is 12.7. The summed E-state index contributed by atoms with van der Waals surface area (Å²) in [7, 11) is 4.65. The molecular formula is C18H20INO5. The van der Waals surface area contributed by atoms with Gasteiger partial charge in [0.15, 0.2) is 11.5 Å². The van der Waals surface area contributed by atoms with Gasteiger partial charge in [-0.1, -0.05) is 0 Å². The highest BCUT2D eigenvalue weighted by atomic mass is 127. The number of halogens is 1. The first kappa shape index (κ1) is 19.2. The van der Waals surface area contributed by atoms with Gasteiger partial charge in [-0.3, -0.25) is 4.79 Å². The summed E-state index contributed by atoms with van der Waals surface area (Å²) in [5, 5.41) is 2.84. The minimum absolute atomic E-state index is 0.286. The minimum atomic E-state index is -0.286. The van der Waals surface area contributed by atoms with E-state index in [1.54, 1.807) is 51.7 Å². The van der Waals surface area contributed by atoms with Crippen LogP contribution >= 0.6 is 22.6 Å². The van der Waals surface area contributed by atoms with Crippen molar-refractivity contribution in [3.63, 3.8) is 0 Å². The van der Waals surface area contributed by atoms with Gasteiger partial charge >= 0.3 is 0 Å². The molecule has 0 aliphatic rings. The summed E-state index contributed by atoms with van der Waals surface area (Å²) in [5.41, 5.74) is 0.976. The Bertz CT molecular complexity index is 763. The van der Waals surface area contributed by atoms with Crippen molar-refractivity contribution < 1.29 is 23.7 Å². The van der Waals surface area contributed by atoms with Crippen molar-refractivity contribution in [1.29, 1.82) is 0 Å². The Hall–Kier alpha value is -2.16. The van der Waals surface area contributed by atoms with Gasteiger partial charge < -0.3 is 24.3 Å². The lowest BCUT2D eigenvalue weighted by atomic mass is 10.1. The lowest BCUT2D eigenvalue weighted by Gasteiger charge is -2.15. The van der Waals surface area contributed by atoms with Crippen molar-refractivity contribution in [3.05, 3.63) is 39.5 Å². The van der Waals surface area contributed by atoms with E-state index < -0.39 is 0 Å². The second kappa shape index (κ2) is 8.80. The number of hydrogen-bond donors (Lipinski definition) is 1. The number of amides is 1. The first-order valence-electron chi connectivity index (χ1n) is 7.57. The number of hydrogen-bond acceptors (Lipinski definition) is 5. The highest BCUT2D eigenvalue weighted by Gasteiger charge is 2.17. The number of carbonyl (C=O) groups is 1. The molecule has 0 unspecified atom stereocenters. The van der Waals surface area contributed by atoms with Gasteiger partial charge in [0.2, 0.25) is 0 Å². The Kier molecular flexibility index (Phi) is 6.74. The Balaban J connectivity index is 2.34. The third-order valence-corrected chi connectivity index (χ3v) is 4.24. The maximum absolute atomic E-state index is 12.7. The van der Waals surface area contributed by atoms with E-state index in [2.05, 4.69) is 27.9 Å². The van der Waals surface area contributed by atoms with E-state index in [1.165, 1.54) is 0 Å². The van der Waals surface area contributed by atoms with E-state index in [-0.39, 0.29) is 5.91 Å². The standard InChI is InChI=1S/C18H20INO5/c1-5-25-17-13(19)8-11(9-16(17)24-4)18(21)20-14-10-12(22-2)6-7-15(14)23-3/h6-10H,5H2,1-4H3,(H,20,21). The zero-order valence-electron chi connectivity index (χ0n) is 14.5. The Morgan fingerprint density at radius 1 is 1.04 bits per heavy atom. The van der Waals surface area contributed by atoms with E-state index in [1.807, 2.05) is 6.92 Å². The fourth-order valence-electron chi connectivity index (χ4n) is 2.24. The predicted octanol–water partition coefficient (Wildman–Crippen LogP) is 3.97. The Morgan fingerprint density at radius 2 is 1.76 bits per heavy atom. The monoisotopic (exact) mass is 457 g/mol. The molecule has 0 aliphatic heterocycles. The maximum Gasteiger partial charge on any atom is 0.255 e. The molecule has 0 fully saturated rings. The predicted molar refractivity (Wildman–Crippen MR) is 104 cm³/mol. The molecule has 0 aromatic heterocycles. The molecule has 0 spiro atoms. The molecule has 1 N–H and O–H groups in total. The van der Waals surface area contributed by atoms with Crippen LogP contribution in [0, 0.1) is 3.57 Å². The molecule has 7 heteroatoms. The molecule has 0 aliphatic carbocycles. The summed E-state index contributed by atoms with van der Waals surface area (Å²) in [6, 6.07) is 8.59. The van der Waals surface area contributed by atoms with Gasteiger partial charge in [0.1, 0.15) is 11.5 Å². The number of ether oxygens (including phenoxy) is 4. The van der Waals surface area contributed by atoms with E-state index in [9.17, 15) is 4.79 Å².